The summed E-state index contributed by atoms with van der Waals surface area (Å²) in [7, 11) is 1.25. The van der Waals surface area contributed by atoms with Crippen molar-refractivity contribution >= 4 is 5.97 Å². The van der Waals surface area contributed by atoms with Gasteiger partial charge in [0, 0.05) is 30.3 Å². The first kappa shape index (κ1) is 13.6. The number of esters is 1. The molecule has 0 unspecified atom stereocenters. The molecule has 1 aliphatic heterocycles. The second-order valence-electron chi connectivity index (χ2n) is 4.57. The molecule has 1 N–H and O–H groups in total. The number of methoxy groups -OCH3 is 1. The number of fused-ring (bicyclic) bond motifs is 1. The van der Waals surface area contributed by atoms with Gasteiger partial charge in [0.15, 0.2) is 11.5 Å². The second-order valence-corrected chi connectivity index (χ2v) is 4.57. The molecule has 2 aromatic rings. The average molecular weight is 291 g/mol. The first-order valence-electron chi connectivity index (χ1n) is 6.24. The molecule has 108 valence electrons. The van der Waals surface area contributed by atoms with E-state index in [4.69, 9.17) is 4.74 Å². The van der Waals surface area contributed by atoms with E-state index in [2.05, 4.69) is 15.3 Å². The number of aromatic nitrogens is 2. The summed E-state index contributed by atoms with van der Waals surface area (Å²) >= 11 is 0. The van der Waals surface area contributed by atoms with Crippen molar-refractivity contribution in [1.82, 2.24) is 15.3 Å². The fraction of sp³-hybridized carbons (Fsp3) is 0.214. The van der Waals surface area contributed by atoms with E-state index in [0.717, 1.165) is 18.2 Å². The van der Waals surface area contributed by atoms with Gasteiger partial charge in [0.2, 0.25) is 0 Å². The van der Waals surface area contributed by atoms with Crippen LogP contribution < -0.4 is 5.32 Å². The molecule has 5 nitrogen and oxygen atoms in total. The van der Waals surface area contributed by atoms with Crippen molar-refractivity contribution in [2.75, 3.05) is 7.11 Å². The maximum atomic E-state index is 13.3. The number of ether oxygens (including phenoxy) is 1. The standard InChI is InChI=1S/C14H11F2N3O2/c1-21-14(20)12-10-5-17-6-11(10)18-13(19-12)7-2-8(15)4-9(16)3-7/h2-4,17H,5-6H2,1H3. The van der Waals surface area contributed by atoms with Crippen molar-refractivity contribution in [2.24, 2.45) is 0 Å². The highest BCUT2D eigenvalue weighted by Gasteiger charge is 2.24. The molecule has 7 heteroatoms. The zero-order valence-corrected chi connectivity index (χ0v) is 11.1. The maximum absolute atomic E-state index is 13.3. The van der Waals surface area contributed by atoms with Gasteiger partial charge < -0.3 is 10.1 Å². The highest BCUT2D eigenvalue weighted by atomic mass is 19.1. The lowest BCUT2D eigenvalue weighted by Crippen LogP contribution is -2.11. The van der Waals surface area contributed by atoms with E-state index in [9.17, 15) is 13.6 Å². The Labute approximate surface area is 119 Å². The Morgan fingerprint density at radius 1 is 1.19 bits per heavy atom. The molecular formula is C14H11F2N3O2. The first-order chi connectivity index (χ1) is 10.1. The molecule has 0 saturated heterocycles. The van der Waals surface area contributed by atoms with Gasteiger partial charge in [-0.05, 0) is 12.1 Å². The molecule has 2 heterocycles. The van der Waals surface area contributed by atoms with Gasteiger partial charge in [-0.2, -0.15) is 0 Å². The Morgan fingerprint density at radius 2 is 1.90 bits per heavy atom. The van der Waals surface area contributed by atoms with Gasteiger partial charge in [-0.25, -0.2) is 23.5 Å². The lowest BCUT2D eigenvalue weighted by Gasteiger charge is -2.08. The van der Waals surface area contributed by atoms with Crippen LogP contribution in [0.25, 0.3) is 11.4 Å². The largest absolute Gasteiger partial charge is 0.464 e. The Morgan fingerprint density at radius 3 is 2.57 bits per heavy atom. The van der Waals surface area contributed by atoms with E-state index < -0.39 is 17.6 Å². The summed E-state index contributed by atoms with van der Waals surface area (Å²) in [5, 5.41) is 3.05. The van der Waals surface area contributed by atoms with Crippen molar-refractivity contribution < 1.29 is 18.3 Å². The molecule has 0 spiro atoms. The molecule has 0 fully saturated rings. The summed E-state index contributed by atoms with van der Waals surface area (Å²) in [6, 6.07) is 3.00. The summed E-state index contributed by atoms with van der Waals surface area (Å²) in [5.41, 5.74) is 1.58. The predicted octanol–water partition coefficient (Wildman–Crippen LogP) is 1.81. The normalized spacial score (nSPS) is 13.1. The second kappa shape index (κ2) is 5.17. The maximum Gasteiger partial charge on any atom is 0.357 e. The molecule has 1 aliphatic rings. The number of hydrogen-bond donors (Lipinski definition) is 1. The lowest BCUT2D eigenvalue weighted by molar-refractivity contribution is 0.0592. The van der Waals surface area contributed by atoms with Gasteiger partial charge in [-0.3, -0.25) is 0 Å². The third-order valence-corrected chi connectivity index (χ3v) is 3.19. The summed E-state index contributed by atoms with van der Waals surface area (Å²) in [5.74, 6) is -1.97. The van der Waals surface area contributed by atoms with Crippen LogP contribution in [0.2, 0.25) is 0 Å². The monoisotopic (exact) mass is 291 g/mol. The number of halogens is 2. The van der Waals surface area contributed by atoms with Gasteiger partial charge >= 0.3 is 5.97 Å². The predicted molar refractivity (Wildman–Crippen MR) is 69.3 cm³/mol. The lowest BCUT2D eigenvalue weighted by atomic mass is 10.1. The summed E-state index contributed by atoms with van der Waals surface area (Å²) in [6.45, 7) is 0.921. The molecular weight excluding hydrogens is 280 g/mol. The highest BCUT2D eigenvalue weighted by molar-refractivity contribution is 5.89. The van der Waals surface area contributed by atoms with E-state index in [-0.39, 0.29) is 17.1 Å². The number of carbonyl (C=O) groups excluding carboxylic acids is 1. The molecule has 1 aromatic carbocycles. The first-order valence-corrected chi connectivity index (χ1v) is 6.24. The Bertz CT molecular complexity index is 714. The van der Waals surface area contributed by atoms with Crippen molar-refractivity contribution in [3.05, 3.63) is 46.8 Å². The molecule has 21 heavy (non-hydrogen) atoms. The quantitative estimate of drug-likeness (QED) is 0.855. The minimum absolute atomic E-state index is 0.0938. The number of nitrogens with one attached hydrogen (secondary N) is 1. The highest BCUT2D eigenvalue weighted by Crippen LogP contribution is 2.24. The smallest absolute Gasteiger partial charge is 0.357 e. The van der Waals surface area contributed by atoms with Gasteiger partial charge in [-0.1, -0.05) is 0 Å². The Kier molecular flexibility index (Phi) is 3.34. The van der Waals surface area contributed by atoms with Crippen LogP contribution in [0.15, 0.2) is 18.2 Å². The van der Waals surface area contributed by atoms with E-state index in [1.165, 1.54) is 7.11 Å². The minimum atomic E-state index is -0.730. The Hall–Kier alpha value is -2.41. The molecule has 0 radical (unpaired) electrons. The van der Waals surface area contributed by atoms with Crippen LogP contribution in [0.3, 0.4) is 0 Å². The van der Waals surface area contributed by atoms with E-state index in [1.54, 1.807) is 0 Å². The number of hydrogen-bond acceptors (Lipinski definition) is 5. The van der Waals surface area contributed by atoms with Crippen LogP contribution in [0.5, 0.6) is 0 Å². The van der Waals surface area contributed by atoms with E-state index in [0.29, 0.717) is 24.3 Å². The van der Waals surface area contributed by atoms with Crippen LogP contribution in [0.1, 0.15) is 21.7 Å². The molecule has 0 amide bonds. The molecule has 0 bridgehead atoms. The number of nitrogens with zero attached hydrogens (tertiary/aromatic N) is 2. The summed E-state index contributed by atoms with van der Waals surface area (Å²) in [4.78, 5) is 20.2. The van der Waals surface area contributed by atoms with Crippen molar-refractivity contribution in [1.29, 1.82) is 0 Å². The third-order valence-electron chi connectivity index (χ3n) is 3.19. The zero-order chi connectivity index (χ0) is 15.0. The van der Waals surface area contributed by atoms with Crippen LogP contribution in [-0.2, 0) is 17.8 Å². The molecule has 3 rings (SSSR count). The number of carbonyl (C=O) groups is 1. The van der Waals surface area contributed by atoms with E-state index >= 15 is 0 Å². The average Bonchev–Trinajstić information content (AvgIpc) is 2.92. The molecule has 0 atom stereocenters. The number of benzene rings is 1. The zero-order valence-electron chi connectivity index (χ0n) is 11.1. The van der Waals surface area contributed by atoms with Crippen LogP contribution in [-0.4, -0.2) is 23.0 Å². The van der Waals surface area contributed by atoms with Crippen LogP contribution in [0, 0.1) is 11.6 Å². The van der Waals surface area contributed by atoms with E-state index in [1.807, 2.05) is 0 Å². The molecule has 0 saturated carbocycles. The van der Waals surface area contributed by atoms with Gasteiger partial charge in [0.25, 0.3) is 0 Å². The van der Waals surface area contributed by atoms with Gasteiger partial charge in [-0.15, -0.1) is 0 Å². The number of rotatable bonds is 2. The van der Waals surface area contributed by atoms with Crippen LogP contribution in [0.4, 0.5) is 8.78 Å². The molecule has 0 aliphatic carbocycles. The molecule has 1 aromatic heterocycles. The van der Waals surface area contributed by atoms with Gasteiger partial charge in [0.05, 0.1) is 12.8 Å². The summed E-state index contributed by atoms with van der Waals surface area (Å²) < 4.78 is 31.3. The topological polar surface area (TPSA) is 64.1 Å². The fourth-order valence-corrected chi connectivity index (χ4v) is 2.25. The third kappa shape index (κ3) is 2.47. The van der Waals surface area contributed by atoms with Crippen molar-refractivity contribution in [3.8, 4) is 11.4 Å². The summed E-state index contributed by atoms with van der Waals surface area (Å²) in [6.07, 6.45) is 0. The fourth-order valence-electron chi connectivity index (χ4n) is 2.25. The SMILES string of the molecule is COC(=O)c1nc(-c2cc(F)cc(F)c2)nc2c1CNC2. The van der Waals surface area contributed by atoms with Crippen molar-refractivity contribution in [3.63, 3.8) is 0 Å². The Balaban J connectivity index is 2.17. The van der Waals surface area contributed by atoms with Gasteiger partial charge in [0.1, 0.15) is 11.6 Å². The van der Waals surface area contributed by atoms with Crippen molar-refractivity contribution in [2.45, 2.75) is 13.1 Å². The van der Waals surface area contributed by atoms with Crippen LogP contribution >= 0.6 is 0 Å². The minimum Gasteiger partial charge on any atom is -0.464 e.